The summed E-state index contributed by atoms with van der Waals surface area (Å²) in [5, 5.41) is 3.19. The molecule has 3 rings (SSSR count). The second-order valence-electron chi connectivity index (χ2n) is 5.97. The molecule has 7 nitrogen and oxygen atoms in total. The van der Waals surface area contributed by atoms with Gasteiger partial charge >= 0.3 is 6.03 Å². The first-order valence-electron chi connectivity index (χ1n) is 8.10. The van der Waals surface area contributed by atoms with Gasteiger partial charge in [-0.1, -0.05) is 18.2 Å². The van der Waals surface area contributed by atoms with Gasteiger partial charge in [0.2, 0.25) is 0 Å². The van der Waals surface area contributed by atoms with Crippen molar-refractivity contribution in [3.8, 4) is 0 Å². The molecule has 1 atom stereocenters. The molecule has 0 aliphatic heterocycles. The Bertz CT molecular complexity index is 1080. The second kappa shape index (κ2) is 7.37. The number of nitrogens with one attached hydrogen (secondary N) is 3. The Kier molecular flexibility index (Phi) is 5.15. The van der Waals surface area contributed by atoms with Crippen molar-refractivity contribution in [2.24, 2.45) is 0 Å². The number of benzene rings is 2. The minimum absolute atomic E-state index is 0.0218. The monoisotopic (exact) mass is 391 g/mol. The third kappa shape index (κ3) is 4.09. The summed E-state index contributed by atoms with van der Waals surface area (Å²) >= 11 is 0. The largest absolute Gasteiger partial charge is 0.459 e. The van der Waals surface area contributed by atoms with Crippen LogP contribution in [0.15, 0.2) is 57.8 Å². The Morgan fingerprint density at radius 2 is 1.85 bits per heavy atom. The minimum atomic E-state index is -3.88. The van der Waals surface area contributed by atoms with Gasteiger partial charge in [-0.2, -0.15) is 0 Å². The minimum Gasteiger partial charge on any atom is -0.459 e. The maximum atomic E-state index is 13.4. The summed E-state index contributed by atoms with van der Waals surface area (Å²) < 4.78 is 43.3. The summed E-state index contributed by atoms with van der Waals surface area (Å²) in [6.07, 6.45) is 0. The molecule has 27 heavy (non-hydrogen) atoms. The van der Waals surface area contributed by atoms with E-state index >= 15 is 0 Å². The number of sulfonamides is 1. The van der Waals surface area contributed by atoms with E-state index in [2.05, 4.69) is 10.7 Å². The van der Waals surface area contributed by atoms with E-state index in [0.717, 1.165) is 0 Å². The number of aryl methyl sites for hydroxylation is 1. The van der Waals surface area contributed by atoms with Gasteiger partial charge in [-0.15, -0.1) is 4.83 Å². The number of rotatable bonds is 5. The SMILES string of the molecule is Cc1c([C@@H](C)NC(=O)NNS(=O)(=O)c2ccccc2)oc2ccc(F)cc12. The molecule has 0 unspecified atom stereocenters. The Morgan fingerprint density at radius 1 is 1.15 bits per heavy atom. The van der Waals surface area contributed by atoms with Crippen molar-refractivity contribution in [2.75, 3.05) is 0 Å². The average Bonchev–Trinajstić information content (AvgIpc) is 2.97. The second-order valence-corrected chi connectivity index (χ2v) is 7.65. The molecular formula is C18H18FN3O4S. The molecule has 0 aliphatic carbocycles. The molecule has 0 bridgehead atoms. The van der Waals surface area contributed by atoms with Crippen molar-refractivity contribution in [1.29, 1.82) is 0 Å². The molecule has 1 aromatic heterocycles. The van der Waals surface area contributed by atoms with Gasteiger partial charge in [-0.25, -0.2) is 17.6 Å². The predicted octanol–water partition coefficient (Wildman–Crippen LogP) is 3.13. The quantitative estimate of drug-likeness (QED) is 0.582. The van der Waals surface area contributed by atoms with Crippen LogP contribution in [0.25, 0.3) is 11.0 Å². The van der Waals surface area contributed by atoms with E-state index in [0.29, 0.717) is 22.3 Å². The number of hydrazine groups is 1. The van der Waals surface area contributed by atoms with E-state index in [9.17, 15) is 17.6 Å². The third-order valence-electron chi connectivity index (χ3n) is 4.03. The van der Waals surface area contributed by atoms with E-state index in [4.69, 9.17) is 4.42 Å². The van der Waals surface area contributed by atoms with Gasteiger partial charge in [-0.05, 0) is 44.2 Å². The molecular weight excluding hydrogens is 373 g/mol. The number of carbonyl (C=O) groups excluding carboxylic acids is 1. The third-order valence-corrected chi connectivity index (χ3v) is 5.29. The highest BCUT2D eigenvalue weighted by Gasteiger charge is 2.20. The number of urea groups is 1. The summed E-state index contributed by atoms with van der Waals surface area (Å²) in [7, 11) is -3.88. The molecule has 0 fully saturated rings. The highest BCUT2D eigenvalue weighted by molar-refractivity contribution is 7.89. The van der Waals surface area contributed by atoms with E-state index in [1.807, 2.05) is 4.83 Å². The van der Waals surface area contributed by atoms with Crippen LogP contribution in [0.2, 0.25) is 0 Å². The summed E-state index contributed by atoms with van der Waals surface area (Å²) in [5.74, 6) is 0.0725. The van der Waals surface area contributed by atoms with Crippen LogP contribution < -0.4 is 15.6 Å². The van der Waals surface area contributed by atoms with Gasteiger partial charge < -0.3 is 9.73 Å². The number of amides is 2. The number of halogens is 1. The van der Waals surface area contributed by atoms with Crippen molar-refractivity contribution in [3.63, 3.8) is 0 Å². The molecule has 2 amide bonds. The Hall–Kier alpha value is -2.91. The Balaban J connectivity index is 1.67. The molecule has 3 N–H and O–H groups in total. The number of furan rings is 1. The zero-order valence-electron chi connectivity index (χ0n) is 14.6. The normalized spacial score (nSPS) is 12.7. The zero-order valence-corrected chi connectivity index (χ0v) is 15.4. The van der Waals surface area contributed by atoms with Gasteiger partial charge in [-0.3, -0.25) is 5.43 Å². The summed E-state index contributed by atoms with van der Waals surface area (Å²) in [6.45, 7) is 3.43. The van der Waals surface area contributed by atoms with E-state index in [1.54, 1.807) is 32.0 Å². The van der Waals surface area contributed by atoms with Crippen LogP contribution in [0.3, 0.4) is 0 Å². The highest BCUT2D eigenvalue weighted by Crippen LogP contribution is 2.29. The van der Waals surface area contributed by atoms with Crippen molar-refractivity contribution >= 4 is 27.0 Å². The fourth-order valence-electron chi connectivity index (χ4n) is 2.70. The van der Waals surface area contributed by atoms with E-state index in [1.165, 1.54) is 30.3 Å². The summed E-state index contributed by atoms with van der Waals surface area (Å²) in [6, 6.07) is 10.5. The van der Waals surface area contributed by atoms with Crippen LogP contribution in [0.5, 0.6) is 0 Å². The predicted molar refractivity (Wildman–Crippen MR) is 97.8 cm³/mol. The van der Waals surface area contributed by atoms with Crippen LogP contribution in [-0.2, 0) is 10.0 Å². The highest BCUT2D eigenvalue weighted by atomic mass is 32.2. The first-order chi connectivity index (χ1) is 12.8. The fourth-order valence-corrected chi connectivity index (χ4v) is 3.56. The topological polar surface area (TPSA) is 100 Å². The molecule has 9 heteroatoms. The fraction of sp³-hybridized carbons (Fsp3) is 0.167. The van der Waals surface area contributed by atoms with Crippen molar-refractivity contribution in [3.05, 3.63) is 65.7 Å². The molecule has 2 aromatic carbocycles. The van der Waals surface area contributed by atoms with Crippen LogP contribution in [0.4, 0.5) is 9.18 Å². The molecule has 0 radical (unpaired) electrons. The van der Waals surface area contributed by atoms with Gasteiger partial charge in [0.15, 0.2) is 0 Å². The number of carbonyl (C=O) groups is 1. The lowest BCUT2D eigenvalue weighted by molar-refractivity contribution is 0.234. The molecule has 3 aromatic rings. The van der Waals surface area contributed by atoms with Crippen LogP contribution in [-0.4, -0.2) is 14.4 Å². The number of fused-ring (bicyclic) bond motifs is 1. The molecule has 142 valence electrons. The lowest BCUT2D eigenvalue weighted by atomic mass is 10.1. The lowest BCUT2D eigenvalue weighted by Crippen LogP contribution is -2.47. The Labute approximate surface area is 155 Å². The molecule has 0 aliphatic rings. The van der Waals surface area contributed by atoms with Crippen molar-refractivity contribution < 1.29 is 22.0 Å². The number of hydrogen-bond donors (Lipinski definition) is 3. The van der Waals surface area contributed by atoms with Crippen molar-refractivity contribution in [1.82, 2.24) is 15.6 Å². The van der Waals surface area contributed by atoms with E-state index < -0.39 is 22.1 Å². The molecule has 1 heterocycles. The molecule has 0 spiro atoms. The van der Waals surface area contributed by atoms with Gasteiger partial charge in [0.1, 0.15) is 17.2 Å². The zero-order chi connectivity index (χ0) is 19.6. The maximum Gasteiger partial charge on any atom is 0.330 e. The van der Waals surface area contributed by atoms with Crippen LogP contribution >= 0.6 is 0 Å². The van der Waals surface area contributed by atoms with Gasteiger partial charge in [0.25, 0.3) is 10.0 Å². The van der Waals surface area contributed by atoms with Crippen LogP contribution in [0, 0.1) is 12.7 Å². The smallest absolute Gasteiger partial charge is 0.330 e. The maximum absolute atomic E-state index is 13.4. The summed E-state index contributed by atoms with van der Waals surface area (Å²) in [4.78, 5) is 14.1. The lowest BCUT2D eigenvalue weighted by Gasteiger charge is -2.14. The first-order valence-corrected chi connectivity index (χ1v) is 9.58. The average molecular weight is 391 g/mol. The molecule has 0 saturated heterocycles. The van der Waals surface area contributed by atoms with Crippen molar-refractivity contribution in [2.45, 2.75) is 24.8 Å². The Morgan fingerprint density at radius 3 is 2.56 bits per heavy atom. The van der Waals surface area contributed by atoms with Gasteiger partial charge in [0, 0.05) is 10.9 Å². The number of hydrogen-bond acceptors (Lipinski definition) is 4. The molecule has 0 saturated carbocycles. The first kappa shape index (κ1) is 18.9. The van der Waals surface area contributed by atoms with E-state index in [-0.39, 0.29) is 10.7 Å². The summed E-state index contributed by atoms with van der Waals surface area (Å²) in [5.41, 5.74) is 3.29. The standard InChI is InChI=1S/C18H18FN3O4S/c1-11-15-10-13(19)8-9-16(15)26-17(11)12(2)20-18(23)21-22-27(24,25)14-6-4-3-5-7-14/h3-10,12,22H,1-2H3,(H2,20,21,23)/t12-/m1/s1. The van der Waals surface area contributed by atoms with Crippen LogP contribution in [0.1, 0.15) is 24.3 Å². The van der Waals surface area contributed by atoms with Gasteiger partial charge in [0.05, 0.1) is 10.9 Å².